The minimum atomic E-state index is -1.23. The highest BCUT2D eigenvalue weighted by atomic mass is 32.2. The molecule has 0 bridgehead atoms. The summed E-state index contributed by atoms with van der Waals surface area (Å²) in [5.74, 6) is -1.90. The number of thioether (sulfide) groups is 1. The second-order valence-electron chi connectivity index (χ2n) is 4.33. The number of aliphatic imine (C=N–C) groups is 1. The largest absolute Gasteiger partial charge is 0.476 e. The van der Waals surface area contributed by atoms with Gasteiger partial charge in [-0.2, -0.15) is 0 Å². The summed E-state index contributed by atoms with van der Waals surface area (Å²) in [7, 11) is 0. The molecular formula is C11H15N3O5S. The summed E-state index contributed by atoms with van der Waals surface area (Å²) in [6.07, 6.45) is -0.443. The lowest BCUT2D eigenvalue weighted by atomic mass is 9.91. The van der Waals surface area contributed by atoms with Gasteiger partial charge in [0, 0.05) is 5.75 Å². The molecule has 2 heterocycles. The van der Waals surface area contributed by atoms with Gasteiger partial charge in [-0.1, -0.05) is 11.8 Å². The minimum absolute atomic E-state index is 0.168. The van der Waals surface area contributed by atoms with E-state index in [1.165, 1.54) is 13.3 Å². The van der Waals surface area contributed by atoms with Crippen LogP contribution in [-0.2, 0) is 14.3 Å². The lowest BCUT2D eigenvalue weighted by molar-refractivity contribution is -0.181. The van der Waals surface area contributed by atoms with Crippen LogP contribution >= 0.6 is 11.8 Å². The molecule has 0 aliphatic carbocycles. The Labute approximate surface area is 119 Å². The van der Waals surface area contributed by atoms with Gasteiger partial charge in [0.05, 0.1) is 19.0 Å². The van der Waals surface area contributed by atoms with Crippen molar-refractivity contribution >= 4 is 30.0 Å². The van der Waals surface area contributed by atoms with Gasteiger partial charge in [0.1, 0.15) is 5.92 Å². The van der Waals surface area contributed by atoms with Crippen molar-refractivity contribution in [2.24, 2.45) is 16.6 Å². The Morgan fingerprint density at radius 2 is 2.40 bits per heavy atom. The number of amides is 1. The lowest BCUT2D eigenvalue weighted by Crippen LogP contribution is -2.62. The standard InChI is InChI=1S/C11H15N3O5S/c1-5(15)6-8(16)14-7(10(17)18)11(19-9(6)14)20-3-2-13-4-12/h4-6,9,15H,2-3H2,1H3,(H2,12,13)(H,17,18)/t5-,6+,9-/m1/s1. The van der Waals surface area contributed by atoms with E-state index in [1.807, 2.05) is 0 Å². The van der Waals surface area contributed by atoms with Crippen LogP contribution in [-0.4, -0.2) is 58.0 Å². The molecule has 8 nitrogen and oxygen atoms in total. The van der Waals surface area contributed by atoms with Crippen molar-refractivity contribution in [3.05, 3.63) is 10.8 Å². The first-order chi connectivity index (χ1) is 9.49. The number of carbonyl (C=O) groups is 2. The molecule has 0 aromatic rings. The summed E-state index contributed by atoms with van der Waals surface area (Å²) in [6.45, 7) is 1.89. The lowest BCUT2D eigenvalue weighted by Gasteiger charge is -2.42. The fraction of sp³-hybridized carbons (Fsp3) is 0.545. The monoisotopic (exact) mass is 301 g/mol. The average molecular weight is 301 g/mol. The number of nitrogens with zero attached hydrogens (tertiary/aromatic N) is 2. The van der Waals surface area contributed by atoms with E-state index < -0.39 is 30.1 Å². The van der Waals surface area contributed by atoms with Gasteiger partial charge in [-0.25, -0.2) is 4.79 Å². The zero-order valence-corrected chi connectivity index (χ0v) is 11.5. The number of β-lactam (4-membered cyclic amide) rings is 1. The molecule has 3 atom stereocenters. The Bertz CT molecular complexity index is 490. The molecule has 1 saturated heterocycles. The molecular weight excluding hydrogens is 286 g/mol. The highest BCUT2D eigenvalue weighted by molar-refractivity contribution is 8.02. The van der Waals surface area contributed by atoms with E-state index in [9.17, 15) is 19.8 Å². The number of hydrogen-bond acceptors (Lipinski definition) is 6. The number of aliphatic hydroxyl groups is 1. The number of carboxylic acid groups (broad SMARTS) is 1. The second kappa shape index (κ2) is 5.71. The highest BCUT2D eigenvalue weighted by Gasteiger charge is 2.59. The smallest absolute Gasteiger partial charge is 0.357 e. The molecule has 20 heavy (non-hydrogen) atoms. The second-order valence-corrected chi connectivity index (χ2v) is 5.40. The van der Waals surface area contributed by atoms with Crippen LogP contribution < -0.4 is 5.73 Å². The number of ether oxygens (including phenoxy) is 1. The topological polar surface area (TPSA) is 125 Å². The molecule has 4 N–H and O–H groups in total. The third-order valence-electron chi connectivity index (χ3n) is 3.03. The Kier molecular flexibility index (Phi) is 4.19. The van der Waals surface area contributed by atoms with Crippen molar-refractivity contribution in [3.8, 4) is 0 Å². The van der Waals surface area contributed by atoms with Crippen LogP contribution in [0.2, 0.25) is 0 Å². The van der Waals surface area contributed by atoms with E-state index >= 15 is 0 Å². The molecule has 2 rings (SSSR count). The zero-order chi connectivity index (χ0) is 14.9. The number of nitrogens with two attached hydrogens (primary N) is 1. The van der Waals surface area contributed by atoms with Gasteiger partial charge in [-0.05, 0) is 6.92 Å². The normalized spacial score (nSPS) is 26.5. The molecule has 2 aliphatic heterocycles. The molecule has 110 valence electrons. The van der Waals surface area contributed by atoms with E-state index in [4.69, 9.17) is 10.5 Å². The van der Waals surface area contributed by atoms with Crippen molar-refractivity contribution in [2.75, 3.05) is 12.3 Å². The molecule has 1 amide bonds. The van der Waals surface area contributed by atoms with Crippen molar-refractivity contribution in [1.82, 2.24) is 4.90 Å². The van der Waals surface area contributed by atoms with Crippen LogP contribution in [0.25, 0.3) is 0 Å². The maximum Gasteiger partial charge on any atom is 0.357 e. The van der Waals surface area contributed by atoms with Crippen LogP contribution in [0, 0.1) is 5.92 Å². The van der Waals surface area contributed by atoms with Crippen LogP contribution in [0.15, 0.2) is 15.8 Å². The van der Waals surface area contributed by atoms with Gasteiger partial charge in [-0.15, -0.1) is 0 Å². The summed E-state index contributed by atoms with van der Waals surface area (Å²) in [5.41, 5.74) is 4.94. The third-order valence-corrected chi connectivity index (χ3v) is 3.97. The molecule has 9 heteroatoms. The number of aliphatic hydroxyl groups excluding tert-OH is 1. The van der Waals surface area contributed by atoms with Crippen LogP contribution in [0.1, 0.15) is 6.92 Å². The predicted molar refractivity (Wildman–Crippen MR) is 71.6 cm³/mol. The van der Waals surface area contributed by atoms with Gasteiger partial charge in [0.15, 0.2) is 17.0 Å². The fourth-order valence-electron chi connectivity index (χ4n) is 2.12. The van der Waals surface area contributed by atoms with Crippen LogP contribution in [0.4, 0.5) is 0 Å². The van der Waals surface area contributed by atoms with E-state index in [2.05, 4.69) is 4.99 Å². The van der Waals surface area contributed by atoms with E-state index in [0.717, 1.165) is 16.7 Å². The molecule has 0 spiro atoms. The van der Waals surface area contributed by atoms with Gasteiger partial charge >= 0.3 is 5.97 Å². The Morgan fingerprint density at radius 1 is 1.70 bits per heavy atom. The van der Waals surface area contributed by atoms with Gasteiger partial charge < -0.3 is 20.7 Å². The first-order valence-electron chi connectivity index (χ1n) is 5.97. The molecule has 1 fully saturated rings. The summed E-state index contributed by atoms with van der Waals surface area (Å²) in [6, 6.07) is 0. The molecule has 0 aromatic carbocycles. The van der Waals surface area contributed by atoms with E-state index in [1.54, 1.807) is 0 Å². The molecule has 0 unspecified atom stereocenters. The summed E-state index contributed by atoms with van der Waals surface area (Å²) < 4.78 is 5.48. The molecule has 0 radical (unpaired) electrons. The van der Waals surface area contributed by atoms with Crippen molar-refractivity contribution in [3.63, 3.8) is 0 Å². The molecule has 2 aliphatic rings. The maximum atomic E-state index is 11.9. The maximum absolute atomic E-state index is 11.9. The van der Waals surface area contributed by atoms with Gasteiger partial charge in [0.25, 0.3) is 0 Å². The Balaban J connectivity index is 2.11. The van der Waals surface area contributed by atoms with Crippen molar-refractivity contribution in [2.45, 2.75) is 19.3 Å². The number of aliphatic carboxylic acids is 1. The number of carbonyl (C=O) groups excluding carboxylic acids is 1. The number of hydrogen-bond donors (Lipinski definition) is 3. The first kappa shape index (κ1) is 14.7. The number of fused-ring (bicyclic) bond motifs is 1. The fourth-order valence-corrected chi connectivity index (χ4v) is 2.99. The summed E-state index contributed by atoms with van der Waals surface area (Å²) >= 11 is 1.16. The quantitative estimate of drug-likeness (QED) is 0.253. The summed E-state index contributed by atoms with van der Waals surface area (Å²) in [5, 5.41) is 18.9. The van der Waals surface area contributed by atoms with Crippen molar-refractivity contribution < 1.29 is 24.5 Å². The Hall–Kier alpha value is -1.74. The van der Waals surface area contributed by atoms with Crippen molar-refractivity contribution in [1.29, 1.82) is 0 Å². The number of carboxylic acids is 1. The molecule has 0 saturated carbocycles. The summed E-state index contributed by atoms with van der Waals surface area (Å²) in [4.78, 5) is 28.0. The van der Waals surface area contributed by atoms with Gasteiger partial charge in [0.2, 0.25) is 5.91 Å². The minimum Gasteiger partial charge on any atom is -0.476 e. The molecule has 0 aromatic heterocycles. The third kappa shape index (κ3) is 2.34. The highest BCUT2D eigenvalue weighted by Crippen LogP contribution is 2.44. The predicted octanol–water partition coefficient (Wildman–Crippen LogP) is -0.844. The average Bonchev–Trinajstić information content (AvgIpc) is 2.69. The SMILES string of the molecule is C[C@@H](O)[C@H]1C(=O)N2C(C(=O)O)=C(SCCN=CN)O[C@H]12. The van der Waals surface area contributed by atoms with Crippen LogP contribution in [0.5, 0.6) is 0 Å². The number of rotatable bonds is 6. The Morgan fingerprint density at radius 3 is 2.95 bits per heavy atom. The van der Waals surface area contributed by atoms with Gasteiger partial charge in [-0.3, -0.25) is 14.7 Å². The first-order valence-corrected chi connectivity index (χ1v) is 6.95. The van der Waals surface area contributed by atoms with E-state index in [-0.39, 0.29) is 10.8 Å². The van der Waals surface area contributed by atoms with E-state index in [0.29, 0.717) is 12.3 Å². The zero-order valence-electron chi connectivity index (χ0n) is 10.7. The van der Waals surface area contributed by atoms with Crippen LogP contribution in [0.3, 0.4) is 0 Å².